The van der Waals surface area contributed by atoms with Gasteiger partial charge in [0.2, 0.25) is 5.91 Å². The second-order valence-electron chi connectivity index (χ2n) is 9.47. The first-order chi connectivity index (χ1) is 12.4. The largest absolute Gasteiger partial charge is 0.340 e. The van der Waals surface area contributed by atoms with E-state index in [9.17, 15) is 9.59 Å². The standard InChI is InChI=1S/C21H32ClN3O2/c1-20(2,3)17(23-19(27)24-21(4,5)6)18(26)25-12-11-15(13-25)14-7-9-16(22)10-8-14/h7-10,15,17H,11-13H2,1-6H3,(H2,23,24,27)/t15?,17-/m1/s1. The Bertz CT molecular complexity index is 674. The molecule has 1 aliphatic rings. The summed E-state index contributed by atoms with van der Waals surface area (Å²) in [6, 6.07) is 6.93. The molecule has 1 saturated heterocycles. The minimum Gasteiger partial charge on any atom is -0.340 e. The number of likely N-dealkylation sites (tertiary alicyclic amines) is 1. The molecular formula is C21H32ClN3O2. The lowest BCUT2D eigenvalue weighted by molar-refractivity contribution is -0.134. The van der Waals surface area contributed by atoms with Crippen LogP contribution in [-0.4, -0.2) is 41.5 Å². The molecule has 5 nitrogen and oxygen atoms in total. The highest BCUT2D eigenvalue weighted by Crippen LogP contribution is 2.30. The average molecular weight is 394 g/mol. The highest BCUT2D eigenvalue weighted by Gasteiger charge is 2.38. The van der Waals surface area contributed by atoms with Crippen LogP contribution in [0.15, 0.2) is 24.3 Å². The number of urea groups is 1. The summed E-state index contributed by atoms with van der Waals surface area (Å²) in [6.45, 7) is 13.0. The molecule has 1 unspecified atom stereocenters. The quantitative estimate of drug-likeness (QED) is 0.809. The summed E-state index contributed by atoms with van der Waals surface area (Å²) < 4.78 is 0. The maximum absolute atomic E-state index is 13.2. The van der Waals surface area contributed by atoms with E-state index in [1.54, 1.807) is 0 Å². The zero-order valence-electron chi connectivity index (χ0n) is 17.2. The Balaban J connectivity index is 2.07. The predicted octanol–water partition coefficient (Wildman–Crippen LogP) is 4.17. The fraction of sp³-hybridized carbons (Fsp3) is 0.619. The van der Waals surface area contributed by atoms with E-state index in [-0.39, 0.29) is 22.9 Å². The molecular weight excluding hydrogens is 362 g/mol. The van der Waals surface area contributed by atoms with E-state index in [4.69, 9.17) is 11.6 Å². The van der Waals surface area contributed by atoms with Crippen molar-refractivity contribution in [3.8, 4) is 0 Å². The SMILES string of the molecule is CC(C)(C)NC(=O)N[C@H](C(=O)N1CCC(c2ccc(Cl)cc2)C1)C(C)(C)C. The van der Waals surface area contributed by atoms with E-state index in [0.717, 1.165) is 6.42 Å². The van der Waals surface area contributed by atoms with E-state index >= 15 is 0 Å². The number of benzene rings is 1. The first kappa shape index (κ1) is 21.5. The van der Waals surface area contributed by atoms with Crippen molar-refractivity contribution < 1.29 is 9.59 Å². The molecule has 0 aliphatic carbocycles. The van der Waals surface area contributed by atoms with Gasteiger partial charge in [-0.15, -0.1) is 0 Å². The Kier molecular flexibility index (Phi) is 6.46. The fourth-order valence-corrected chi connectivity index (χ4v) is 3.43. The molecule has 0 bridgehead atoms. The Morgan fingerprint density at radius 1 is 1.11 bits per heavy atom. The summed E-state index contributed by atoms with van der Waals surface area (Å²) in [5.41, 5.74) is 0.452. The lowest BCUT2D eigenvalue weighted by atomic mass is 9.85. The second kappa shape index (κ2) is 8.09. The molecule has 1 aromatic rings. The van der Waals surface area contributed by atoms with Crippen LogP contribution >= 0.6 is 11.6 Å². The van der Waals surface area contributed by atoms with Crippen molar-refractivity contribution in [2.24, 2.45) is 5.41 Å². The summed E-state index contributed by atoms with van der Waals surface area (Å²) in [5, 5.41) is 6.48. The minimum atomic E-state index is -0.580. The number of hydrogen-bond donors (Lipinski definition) is 2. The summed E-state index contributed by atoms with van der Waals surface area (Å²) >= 11 is 5.97. The Labute approximate surface area is 167 Å². The Morgan fingerprint density at radius 2 is 1.70 bits per heavy atom. The summed E-state index contributed by atoms with van der Waals surface area (Å²) in [5.74, 6) is 0.276. The molecule has 0 spiro atoms. The summed E-state index contributed by atoms with van der Waals surface area (Å²) in [4.78, 5) is 27.4. The van der Waals surface area contributed by atoms with Gasteiger partial charge in [0.05, 0.1) is 0 Å². The van der Waals surface area contributed by atoms with Crippen LogP contribution in [0.5, 0.6) is 0 Å². The molecule has 1 aromatic carbocycles. The highest BCUT2D eigenvalue weighted by atomic mass is 35.5. The molecule has 3 amide bonds. The van der Waals surface area contributed by atoms with Gasteiger partial charge in [-0.25, -0.2) is 4.79 Å². The highest BCUT2D eigenvalue weighted by molar-refractivity contribution is 6.30. The molecule has 150 valence electrons. The number of halogens is 1. The van der Waals surface area contributed by atoms with Crippen molar-refractivity contribution in [1.82, 2.24) is 15.5 Å². The van der Waals surface area contributed by atoms with Crippen LogP contribution in [0.2, 0.25) is 5.02 Å². The predicted molar refractivity (Wildman–Crippen MR) is 110 cm³/mol. The van der Waals surface area contributed by atoms with Crippen LogP contribution in [0.3, 0.4) is 0 Å². The van der Waals surface area contributed by atoms with Crippen molar-refractivity contribution in [3.63, 3.8) is 0 Å². The molecule has 2 rings (SSSR count). The third kappa shape index (κ3) is 6.13. The molecule has 2 atom stereocenters. The van der Waals surface area contributed by atoms with Crippen LogP contribution < -0.4 is 10.6 Å². The third-order valence-electron chi connectivity index (χ3n) is 4.72. The van der Waals surface area contributed by atoms with Crippen molar-refractivity contribution in [3.05, 3.63) is 34.9 Å². The van der Waals surface area contributed by atoms with Gasteiger partial charge >= 0.3 is 6.03 Å². The molecule has 1 fully saturated rings. The van der Waals surface area contributed by atoms with Gasteiger partial charge in [-0.1, -0.05) is 44.5 Å². The number of nitrogens with one attached hydrogen (secondary N) is 2. The summed E-state index contributed by atoms with van der Waals surface area (Å²) in [7, 11) is 0. The summed E-state index contributed by atoms with van der Waals surface area (Å²) in [6.07, 6.45) is 0.915. The van der Waals surface area contributed by atoms with E-state index in [1.165, 1.54) is 5.56 Å². The number of nitrogens with zero attached hydrogens (tertiary/aromatic N) is 1. The van der Waals surface area contributed by atoms with Gasteiger partial charge < -0.3 is 15.5 Å². The zero-order chi connectivity index (χ0) is 20.4. The van der Waals surface area contributed by atoms with Crippen molar-refractivity contribution in [2.75, 3.05) is 13.1 Å². The van der Waals surface area contributed by atoms with Gasteiger partial charge in [0.1, 0.15) is 6.04 Å². The topological polar surface area (TPSA) is 61.4 Å². The number of carbonyl (C=O) groups is 2. The lowest BCUT2D eigenvalue weighted by Crippen LogP contribution is -2.58. The number of rotatable bonds is 3. The smallest absolute Gasteiger partial charge is 0.315 e. The maximum atomic E-state index is 13.2. The van der Waals surface area contributed by atoms with Crippen molar-refractivity contribution in [2.45, 2.75) is 65.5 Å². The number of amides is 3. The molecule has 1 heterocycles. The molecule has 0 aromatic heterocycles. The van der Waals surface area contributed by atoms with Crippen LogP contribution in [0.4, 0.5) is 4.79 Å². The maximum Gasteiger partial charge on any atom is 0.315 e. The van der Waals surface area contributed by atoms with Crippen LogP contribution in [0.1, 0.15) is 59.4 Å². The third-order valence-corrected chi connectivity index (χ3v) is 4.97. The van der Waals surface area contributed by atoms with Gasteiger partial charge in [0, 0.05) is 29.6 Å². The fourth-order valence-electron chi connectivity index (χ4n) is 3.31. The van der Waals surface area contributed by atoms with Gasteiger partial charge in [-0.3, -0.25) is 4.79 Å². The van der Waals surface area contributed by atoms with Crippen LogP contribution in [0, 0.1) is 5.41 Å². The average Bonchev–Trinajstić information content (AvgIpc) is 3.00. The Morgan fingerprint density at radius 3 is 2.22 bits per heavy atom. The molecule has 6 heteroatoms. The van der Waals surface area contributed by atoms with E-state index in [1.807, 2.05) is 70.7 Å². The van der Waals surface area contributed by atoms with Crippen molar-refractivity contribution >= 4 is 23.5 Å². The number of carbonyl (C=O) groups excluding carboxylic acids is 2. The van der Waals surface area contributed by atoms with E-state index in [2.05, 4.69) is 10.6 Å². The normalized spacial score (nSPS) is 18.9. The van der Waals surface area contributed by atoms with E-state index < -0.39 is 6.04 Å². The van der Waals surface area contributed by atoms with Gasteiger partial charge in [0.15, 0.2) is 0 Å². The lowest BCUT2D eigenvalue weighted by Gasteiger charge is -2.34. The van der Waals surface area contributed by atoms with Gasteiger partial charge in [-0.2, -0.15) is 0 Å². The molecule has 27 heavy (non-hydrogen) atoms. The van der Waals surface area contributed by atoms with E-state index in [0.29, 0.717) is 24.0 Å². The monoisotopic (exact) mass is 393 g/mol. The minimum absolute atomic E-state index is 0.0250. The molecule has 0 saturated carbocycles. The molecule has 1 aliphatic heterocycles. The first-order valence-corrected chi connectivity index (χ1v) is 9.87. The first-order valence-electron chi connectivity index (χ1n) is 9.50. The second-order valence-corrected chi connectivity index (χ2v) is 9.91. The van der Waals surface area contributed by atoms with Crippen LogP contribution in [0.25, 0.3) is 0 Å². The molecule has 0 radical (unpaired) electrons. The van der Waals surface area contributed by atoms with Crippen molar-refractivity contribution in [1.29, 1.82) is 0 Å². The van der Waals surface area contributed by atoms with Crippen LogP contribution in [-0.2, 0) is 4.79 Å². The Hall–Kier alpha value is -1.75. The number of hydrogen-bond acceptors (Lipinski definition) is 2. The molecule has 2 N–H and O–H groups in total. The zero-order valence-corrected chi connectivity index (χ0v) is 18.0. The van der Waals surface area contributed by atoms with Gasteiger partial charge in [-0.05, 0) is 50.3 Å². The van der Waals surface area contributed by atoms with Gasteiger partial charge in [0.25, 0.3) is 0 Å².